The minimum Gasteiger partial charge on any atom is -0.436 e. The second-order valence-electron chi connectivity index (χ2n) is 2.01. The Morgan fingerprint density at radius 3 is 2.50 bits per heavy atom. The summed E-state index contributed by atoms with van der Waals surface area (Å²) in [7, 11) is 0. The highest BCUT2D eigenvalue weighted by atomic mass is 19.4. The molecule has 1 rings (SSSR count). The lowest BCUT2D eigenvalue weighted by Gasteiger charge is -2.12. The first-order valence-corrected chi connectivity index (χ1v) is 3.01. The van der Waals surface area contributed by atoms with Crippen LogP contribution < -0.4 is 4.74 Å². The van der Waals surface area contributed by atoms with Crippen LogP contribution in [0.1, 0.15) is 0 Å². The average molecular weight is 183 g/mol. The molecular weight excluding hydrogens is 178 g/mol. The summed E-state index contributed by atoms with van der Waals surface area (Å²) in [5.41, 5.74) is 0. The van der Waals surface area contributed by atoms with E-state index in [2.05, 4.69) is 9.72 Å². The van der Waals surface area contributed by atoms with Gasteiger partial charge >= 0.3 is 12.5 Å². The fraction of sp³-hybridized carbons (Fsp3) is 0.333. The lowest BCUT2D eigenvalue weighted by Crippen LogP contribution is -2.29. The summed E-state index contributed by atoms with van der Waals surface area (Å²) < 4.78 is 50.6. The lowest BCUT2D eigenvalue weighted by molar-refractivity contribution is -0.237. The summed E-state index contributed by atoms with van der Waals surface area (Å²) in [4.78, 5) is 2.28. The number of rotatable bonds is 2. The molecule has 0 aliphatic rings. The van der Waals surface area contributed by atoms with Crippen molar-refractivity contribution in [1.82, 2.24) is 4.98 Å². The van der Waals surface area contributed by atoms with Gasteiger partial charge in [0.15, 0.2) is 5.88 Å². The smallest absolute Gasteiger partial charge is 0.436 e. The summed E-state index contributed by atoms with van der Waals surface area (Å²) in [5, 5.41) is 0. The van der Waals surface area contributed by atoms with Gasteiger partial charge in [-0.3, -0.25) is 0 Å². The first-order valence-electron chi connectivity index (χ1n) is 3.01. The molecule has 0 aromatic carbocycles. The minimum atomic E-state index is -4.98. The number of nitrogens with one attached hydrogen (secondary N) is 1. The molecule has 68 valence electrons. The van der Waals surface area contributed by atoms with E-state index < -0.39 is 12.5 Å². The van der Waals surface area contributed by atoms with Crippen LogP contribution in [0.5, 0.6) is 5.88 Å². The van der Waals surface area contributed by atoms with Crippen LogP contribution in [0, 0.1) is 0 Å². The molecule has 0 aliphatic carbocycles. The molecule has 1 atom stereocenters. The molecule has 0 radical (unpaired) electrons. The number of ether oxygens (including phenoxy) is 1. The van der Waals surface area contributed by atoms with E-state index in [1.807, 2.05) is 0 Å². The van der Waals surface area contributed by atoms with Gasteiger partial charge in [-0.1, -0.05) is 0 Å². The van der Waals surface area contributed by atoms with Crippen molar-refractivity contribution in [2.75, 3.05) is 0 Å². The van der Waals surface area contributed by atoms with Crippen LogP contribution in [-0.2, 0) is 0 Å². The summed E-state index contributed by atoms with van der Waals surface area (Å²) in [5.74, 6) is -0.250. The van der Waals surface area contributed by atoms with E-state index >= 15 is 0 Å². The van der Waals surface area contributed by atoms with Crippen LogP contribution in [0.4, 0.5) is 17.6 Å². The molecule has 2 nitrogen and oxygen atoms in total. The highest BCUT2D eigenvalue weighted by molar-refractivity contribution is 5.10. The number of hydrogen-bond donors (Lipinski definition) is 1. The van der Waals surface area contributed by atoms with Crippen molar-refractivity contribution in [1.29, 1.82) is 0 Å². The zero-order valence-electron chi connectivity index (χ0n) is 5.73. The van der Waals surface area contributed by atoms with Gasteiger partial charge in [-0.25, -0.2) is 0 Å². The number of halogens is 4. The van der Waals surface area contributed by atoms with Crippen LogP contribution in [0.25, 0.3) is 0 Å². The molecule has 0 amide bonds. The third-order valence-corrected chi connectivity index (χ3v) is 1.06. The summed E-state index contributed by atoms with van der Waals surface area (Å²) >= 11 is 0. The molecular formula is C6H5F4NO. The Morgan fingerprint density at radius 2 is 2.08 bits per heavy atom. The van der Waals surface area contributed by atoms with E-state index in [0.29, 0.717) is 0 Å². The van der Waals surface area contributed by atoms with Gasteiger partial charge < -0.3 is 9.72 Å². The van der Waals surface area contributed by atoms with E-state index in [4.69, 9.17) is 0 Å². The highest BCUT2D eigenvalue weighted by Gasteiger charge is 2.42. The van der Waals surface area contributed by atoms with Crippen molar-refractivity contribution in [3.05, 3.63) is 18.3 Å². The molecule has 0 bridgehead atoms. The van der Waals surface area contributed by atoms with Gasteiger partial charge in [-0.2, -0.15) is 17.6 Å². The molecule has 1 aromatic rings. The Bertz CT molecular complexity index is 230. The van der Waals surface area contributed by atoms with Gasteiger partial charge in [-0.15, -0.1) is 0 Å². The van der Waals surface area contributed by atoms with Gasteiger partial charge in [0.25, 0.3) is 0 Å². The molecule has 0 saturated heterocycles. The maximum absolute atomic E-state index is 12.1. The Hall–Kier alpha value is -1.20. The lowest BCUT2D eigenvalue weighted by atomic mass is 10.6. The van der Waals surface area contributed by atoms with Crippen LogP contribution in [0.2, 0.25) is 0 Å². The number of H-pyrrole nitrogens is 1. The molecule has 0 spiro atoms. The summed E-state index contributed by atoms with van der Waals surface area (Å²) in [6.45, 7) is 0. The van der Waals surface area contributed by atoms with Crippen molar-refractivity contribution in [2.45, 2.75) is 12.5 Å². The van der Waals surface area contributed by atoms with Gasteiger partial charge in [0, 0.05) is 6.20 Å². The number of aromatic amines is 1. The normalized spacial score (nSPS) is 14.3. The Morgan fingerprint density at radius 1 is 1.42 bits per heavy atom. The fourth-order valence-electron chi connectivity index (χ4n) is 0.565. The van der Waals surface area contributed by atoms with Crippen molar-refractivity contribution in [3.8, 4) is 5.88 Å². The first-order chi connectivity index (χ1) is 5.50. The maximum atomic E-state index is 12.1. The fourth-order valence-corrected chi connectivity index (χ4v) is 0.565. The van der Waals surface area contributed by atoms with Crippen molar-refractivity contribution >= 4 is 0 Å². The summed E-state index contributed by atoms with van der Waals surface area (Å²) in [6.07, 6.45) is -6.93. The SMILES string of the molecule is FC(Oc1ccc[nH]1)C(F)(F)F. The molecule has 1 aromatic heterocycles. The monoisotopic (exact) mass is 183 g/mol. The highest BCUT2D eigenvalue weighted by Crippen LogP contribution is 2.24. The molecule has 1 N–H and O–H groups in total. The first kappa shape index (κ1) is 8.89. The van der Waals surface area contributed by atoms with Crippen LogP contribution in [-0.4, -0.2) is 17.5 Å². The Kier molecular flexibility index (Phi) is 2.25. The van der Waals surface area contributed by atoms with Crippen molar-refractivity contribution in [3.63, 3.8) is 0 Å². The molecule has 0 saturated carbocycles. The zero-order chi connectivity index (χ0) is 9.19. The number of alkyl halides is 4. The minimum absolute atomic E-state index is 0.250. The topological polar surface area (TPSA) is 25.0 Å². The zero-order valence-corrected chi connectivity index (χ0v) is 5.73. The number of aromatic nitrogens is 1. The molecule has 6 heteroatoms. The second-order valence-corrected chi connectivity index (χ2v) is 2.01. The third kappa shape index (κ3) is 2.14. The Labute approximate surface area is 65.1 Å². The summed E-state index contributed by atoms with van der Waals surface area (Å²) in [6, 6.07) is 2.59. The largest absolute Gasteiger partial charge is 0.457 e. The molecule has 0 aliphatic heterocycles. The number of hydrogen-bond acceptors (Lipinski definition) is 1. The van der Waals surface area contributed by atoms with Crippen molar-refractivity contribution < 1.29 is 22.3 Å². The van der Waals surface area contributed by atoms with Gasteiger partial charge in [0.05, 0.1) is 0 Å². The van der Waals surface area contributed by atoms with E-state index in [9.17, 15) is 17.6 Å². The third-order valence-electron chi connectivity index (χ3n) is 1.06. The molecule has 1 heterocycles. The van der Waals surface area contributed by atoms with E-state index in [-0.39, 0.29) is 5.88 Å². The predicted molar refractivity (Wildman–Crippen MR) is 32.4 cm³/mol. The van der Waals surface area contributed by atoms with Crippen LogP contribution in [0.3, 0.4) is 0 Å². The van der Waals surface area contributed by atoms with Gasteiger partial charge in [0.1, 0.15) is 0 Å². The van der Waals surface area contributed by atoms with E-state index in [1.165, 1.54) is 18.3 Å². The Balaban J connectivity index is 2.53. The second kappa shape index (κ2) is 3.04. The maximum Gasteiger partial charge on any atom is 0.457 e. The standard InChI is InChI=1S/C6H5F4NO/c7-5(6(8,9)10)12-4-2-1-3-11-4/h1-3,5,11H. The molecule has 1 unspecified atom stereocenters. The van der Waals surface area contributed by atoms with E-state index in [1.54, 1.807) is 0 Å². The van der Waals surface area contributed by atoms with Crippen molar-refractivity contribution in [2.24, 2.45) is 0 Å². The van der Waals surface area contributed by atoms with Crippen LogP contribution >= 0.6 is 0 Å². The van der Waals surface area contributed by atoms with Crippen LogP contribution in [0.15, 0.2) is 18.3 Å². The predicted octanol–water partition coefficient (Wildman–Crippen LogP) is 2.25. The van der Waals surface area contributed by atoms with E-state index in [0.717, 1.165) is 0 Å². The van der Waals surface area contributed by atoms with Gasteiger partial charge in [0.2, 0.25) is 0 Å². The quantitative estimate of drug-likeness (QED) is 0.699. The molecule has 12 heavy (non-hydrogen) atoms. The molecule has 0 fully saturated rings. The average Bonchev–Trinajstić information content (AvgIpc) is 2.37. The van der Waals surface area contributed by atoms with Gasteiger partial charge in [-0.05, 0) is 12.1 Å².